The van der Waals surface area contributed by atoms with Gasteiger partial charge < -0.3 is 15.2 Å². The number of hydrogen-bond acceptors (Lipinski definition) is 3. The summed E-state index contributed by atoms with van der Waals surface area (Å²) < 4.78 is 4.84. The van der Waals surface area contributed by atoms with E-state index in [0.717, 1.165) is 12.8 Å². The van der Waals surface area contributed by atoms with Crippen molar-refractivity contribution in [1.29, 1.82) is 0 Å². The van der Waals surface area contributed by atoms with Crippen LogP contribution in [0.15, 0.2) is 0 Å². The van der Waals surface area contributed by atoms with Gasteiger partial charge in [-0.1, -0.05) is 13.8 Å². The first-order valence-corrected chi connectivity index (χ1v) is 5.15. The molecule has 0 saturated carbocycles. The van der Waals surface area contributed by atoms with E-state index >= 15 is 0 Å². The summed E-state index contributed by atoms with van der Waals surface area (Å²) in [7, 11) is 0. The molecule has 0 aromatic heterocycles. The van der Waals surface area contributed by atoms with Crippen molar-refractivity contribution in [1.82, 2.24) is 5.32 Å². The van der Waals surface area contributed by atoms with Crippen LogP contribution in [-0.4, -0.2) is 35.7 Å². The number of carbonyl (C=O) groups is 2. The molecular formula is C10H19NO4. The summed E-state index contributed by atoms with van der Waals surface area (Å²) >= 11 is 0. The van der Waals surface area contributed by atoms with Crippen LogP contribution in [0.1, 0.15) is 33.6 Å². The van der Waals surface area contributed by atoms with Crippen molar-refractivity contribution in [2.75, 3.05) is 6.61 Å². The minimum absolute atomic E-state index is 0.140. The molecule has 0 radical (unpaired) electrons. The van der Waals surface area contributed by atoms with Gasteiger partial charge in [0.25, 0.3) is 0 Å². The summed E-state index contributed by atoms with van der Waals surface area (Å²) in [6.45, 7) is 5.15. The van der Waals surface area contributed by atoms with Gasteiger partial charge in [0.05, 0.1) is 0 Å². The zero-order valence-corrected chi connectivity index (χ0v) is 9.45. The molecule has 0 aliphatic rings. The van der Waals surface area contributed by atoms with Crippen molar-refractivity contribution in [3.63, 3.8) is 0 Å². The average molecular weight is 217 g/mol. The highest BCUT2D eigenvalue weighted by atomic mass is 16.5. The van der Waals surface area contributed by atoms with Gasteiger partial charge in [-0.3, -0.25) is 4.79 Å². The van der Waals surface area contributed by atoms with E-state index in [2.05, 4.69) is 5.32 Å². The van der Waals surface area contributed by atoms with Gasteiger partial charge in [-0.25, -0.2) is 4.79 Å². The normalized spacial score (nSPS) is 12.5. The summed E-state index contributed by atoms with van der Waals surface area (Å²) in [5, 5.41) is 11.3. The number of ether oxygens (including phenoxy) is 1. The Labute approximate surface area is 89.8 Å². The lowest BCUT2D eigenvalue weighted by molar-refractivity contribution is -0.150. The van der Waals surface area contributed by atoms with E-state index in [1.54, 1.807) is 0 Å². The molecule has 0 spiro atoms. The molecule has 1 atom stereocenters. The van der Waals surface area contributed by atoms with Crippen LogP contribution in [0.2, 0.25) is 0 Å². The Morgan fingerprint density at radius 2 is 1.87 bits per heavy atom. The largest absolute Gasteiger partial charge is 0.479 e. The Bertz CT molecular complexity index is 213. The minimum Gasteiger partial charge on any atom is -0.479 e. The number of carbonyl (C=O) groups excluding carboxylic acids is 1. The van der Waals surface area contributed by atoms with Crippen molar-refractivity contribution >= 4 is 11.9 Å². The molecule has 2 N–H and O–H groups in total. The lowest BCUT2D eigenvalue weighted by atomic mass is 10.2. The molecule has 15 heavy (non-hydrogen) atoms. The molecule has 5 heteroatoms. The smallest absolute Gasteiger partial charge is 0.332 e. The maximum atomic E-state index is 11.3. The zero-order chi connectivity index (χ0) is 11.8. The summed E-state index contributed by atoms with van der Waals surface area (Å²) in [6, 6.07) is 0.140. The molecule has 88 valence electrons. The molecule has 1 amide bonds. The van der Waals surface area contributed by atoms with Crippen molar-refractivity contribution < 1.29 is 19.4 Å². The summed E-state index contributed by atoms with van der Waals surface area (Å²) in [5.74, 6) is -1.33. The maximum absolute atomic E-state index is 11.3. The fourth-order valence-corrected chi connectivity index (χ4v) is 1.03. The third-order valence-electron chi connectivity index (χ3n) is 2.16. The molecule has 0 bridgehead atoms. The number of carboxylic acid groups (broad SMARTS) is 1. The molecule has 1 unspecified atom stereocenters. The van der Waals surface area contributed by atoms with Crippen molar-refractivity contribution in [3.05, 3.63) is 0 Å². The van der Waals surface area contributed by atoms with Crippen LogP contribution in [0.4, 0.5) is 0 Å². The second kappa shape index (κ2) is 7.23. The molecular weight excluding hydrogens is 198 g/mol. The van der Waals surface area contributed by atoms with E-state index in [-0.39, 0.29) is 18.6 Å². The summed E-state index contributed by atoms with van der Waals surface area (Å²) in [4.78, 5) is 21.7. The van der Waals surface area contributed by atoms with E-state index < -0.39 is 12.1 Å². The first kappa shape index (κ1) is 13.9. The van der Waals surface area contributed by atoms with Gasteiger partial charge in [0.2, 0.25) is 5.91 Å². The van der Waals surface area contributed by atoms with E-state index in [4.69, 9.17) is 9.84 Å². The van der Waals surface area contributed by atoms with Gasteiger partial charge in [-0.15, -0.1) is 0 Å². The standard InChI is InChI=1S/C10H19NO4/c1-4-8(5-2)11-9(12)6-15-7(3)10(13)14/h7-8H,4-6H2,1-3H3,(H,11,12)(H,13,14). The van der Waals surface area contributed by atoms with Gasteiger partial charge in [-0.2, -0.15) is 0 Å². The molecule has 5 nitrogen and oxygen atoms in total. The topological polar surface area (TPSA) is 75.6 Å². The zero-order valence-electron chi connectivity index (χ0n) is 9.45. The Balaban J connectivity index is 3.79. The average Bonchev–Trinajstić information content (AvgIpc) is 2.22. The van der Waals surface area contributed by atoms with E-state index in [1.807, 2.05) is 13.8 Å². The lowest BCUT2D eigenvalue weighted by Gasteiger charge is -2.15. The highest BCUT2D eigenvalue weighted by molar-refractivity contribution is 5.78. The quantitative estimate of drug-likeness (QED) is 0.660. The number of hydrogen-bond donors (Lipinski definition) is 2. The van der Waals surface area contributed by atoms with Crippen LogP contribution < -0.4 is 5.32 Å². The van der Waals surface area contributed by atoms with E-state index in [9.17, 15) is 9.59 Å². The summed E-state index contributed by atoms with van der Waals surface area (Å²) in [5.41, 5.74) is 0. The lowest BCUT2D eigenvalue weighted by Crippen LogP contribution is -2.37. The Hall–Kier alpha value is -1.10. The highest BCUT2D eigenvalue weighted by Crippen LogP contribution is 1.96. The Morgan fingerprint density at radius 3 is 2.27 bits per heavy atom. The first-order chi connectivity index (χ1) is 7.01. The molecule has 0 aliphatic heterocycles. The second-order valence-electron chi connectivity index (χ2n) is 3.37. The highest BCUT2D eigenvalue weighted by Gasteiger charge is 2.14. The SMILES string of the molecule is CCC(CC)NC(=O)COC(C)C(=O)O. The first-order valence-electron chi connectivity index (χ1n) is 5.15. The van der Waals surface area contributed by atoms with Crippen molar-refractivity contribution in [2.45, 2.75) is 45.8 Å². The fourth-order valence-electron chi connectivity index (χ4n) is 1.03. The fraction of sp³-hybridized carbons (Fsp3) is 0.800. The summed E-state index contributed by atoms with van der Waals surface area (Å²) in [6.07, 6.45) is 0.769. The third-order valence-corrected chi connectivity index (χ3v) is 2.16. The van der Waals surface area contributed by atoms with Crippen LogP contribution in [0.25, 0.3) is 0 Å². The van der Waals surface area contributed by atoms with Crippen molar-refractivity contribution in [2.24, 2.45) is 0 Å². The van der Waals surface area contributed by atoms with Crippen LogP contribution in [0.3, 0.4) is 0 Å². The van der Waals surface area contributed by atoms with E-state index in [1.165, 1.54) is 6.92 Å². The predicted octanol–water partition coefficient (Wildman–Crippen LogP) is 0.781. The molecule has 0 aromatic rings. The number of amides is 1. The van der Waals surface area contributed by atoms with E-state index in [0.29, 0.717) is 0 Å². The molecule has 0 saturated heterocycles. The van der Waals surface area contributed by atoms with Crippen LogP contribution in [0.5, 0.6) is 0 Å². The number of aliphatic carboxylic acids is 1. The van der Waals surface area contributed by atoms with Gasteiger partial charge in [0.1, 0.15) is 6.61 Å². The molecule has 0 rings (SSSR count). The molecule has 0 aromatic carbocycles. The second-order valence-corrected chi connectivity index (χ2v) is 3.37. The number of rotatable bonds is 7. The van der Waals surface area contributed by atoms with Gasteiger partial charge in [0, 0.05) is 6.04 Å². The minimum atomic E-state index is -1.06. The molecule has 0 heterocycles. The van der Waals surface area contributed by atoms with Gasteiger partial charge in [0.15, 0.2) is 6.10 Å². The van der Waals surface area contributed by atoms with Crippen LogP contribution >= 0.6 is 0 Å². The predicted molar refractivity (Wildman–Crippen MR) is 55.6 cm³/mol. The van der Waals surface area contributed by atoms with Crippen LogP contribution in [-0.2, 0) is 14.3 Å². The molecule has 0 fully saturated rings. The van der Waals surface area contributed by atoms with Crippen molar-refractivity contribution in [3.8, 4) is 0 Å². The number of nitrogens with one attached hydrogen (secondary N) is 1. The van der Waals surface area contributed by atoms with Crippen LogP contribution in [0, 0.1) is 0 Å². The van der Waals surface area contributed by atoms with Gasteiger partial charge in [-0.05, 0) is 19.8 Å². The monoisotopic (exact) mass is 217 g/mol. The Morgan fingerprint density at radius 1 is 1.33 bits per heavy atom. The van der Waals surface area contributed by atoms with Gasteiger partial charge >= 0.3 is 5.97 Å². The number of carboxylic acids is 1. The third kappa shape index (κ3) is 6.06. The Kier molecular flexibility index (Phi) is 6.70. The molecule has 0 aliphatic carbocycles. The maximum Gasteiger partial charge on any atom is 0.332 e.